The minimum absolute atomic E-state index is 0.851. The van der Waals surface area contributed by atoms with Gasteiger partial charge in [0.05, 0.1) is 0 Å². The van der Waals surface area contributed by atoms with Gasteiger partial charge in [0.2, 0.25) is 5.95 Å². The van der Waals surface area contributed by atoms with Crippen LogP contribution in [-0.2, 0) is 0 Å². The van der Waals surface area contributed by atoms with E-state index in [2.05, 4.69) is 77.8 Å². The summed E-state index contributed by atoms with van der Waals surface area (Å²) in [5.41, 5.74) is 3.45. The SMILES string of the molecule is CCN(c1cccc(C)c1)c1cc(C)nc(N2CCN(C)CC2)n1. The highest BCUT2D eigenvalue weighted by Crippen LogP contribution is 2.26. The maximum atomic E-state index is 4.88. The Labute approximate surface area is 144 Å². The summed E-state index contributed by atoms with van der Waals surface area (Å²) in [5, 5.41) is 0. The monoisotopic (exact) mass is 325 g/mol. The van der Waals surface area contributed by atoms with Gasteiger partial charge in [0.15, 0.2) is 0 Å². The van der Waals surface area contributed by atoms with E-state index in [0.29, 0.717) is 0 Å². The molecule has 5 heteroatoms. The molecular formula is C19H27N5. The van der Waals surface area contributed by atoms with Gasteiger partial charge < -0.3 is 14.7 Å². The van der Waals surface area contributed by atoms with Crippen LogP contribution in [0.3, 0.4) is 0 Å². The predicted octanol–water partition coefficient (Wildman–Crippen LogP) is 3.00. The number of rotatable bonds is 4. The summed E-state index contributed by atoms with van der Waals surface area (Å²) < 4.78 is 0. The first-order valence-electron chi connectivity index (χ1n) is 8.70. The lowest BCUT2D eigenvalue weighted by Gasteiger charge is -2.33. The maximum absolute atomic E-state index is 4.88. The number of nitrogens with zero attached hydrogens (tertiary/aromatic N) is 5. The molecule has 0 bridgehead atoms. The molecule has 1 aromatic carbocycles. The molecule has 0 atom stereocenters. The fourth-order valence-electron chi connectivity index (χ4n) is 3.10. The third kappa shape index (κ3) is 3.67. The van der Waals surface area contributed by atoms with Crippen molar-refractivity contribution in [2.45, 2.75) is 20.8 Å². The van der Waals surface area contributed by atoms with Crippen molar-refractivity contribution < 1.29 is 0 Å². The largest absolute Gasteiger partial charge is 0.338 e. The van der Waals surface area contributed by atoms with Crippen LogP contribution >= 0.6 is 0 Å². The number of aromatic nitrogens is 2. The van der Waals surface area contributed by atoms with Gasteiger partial charge in [-0.05, 0) is 45.5 Å². The van der Waals surface area contributed by atoms with E-state index >= 15 is 0 Å². The summed E-state index contributed by atoms with van der Waals surface area (Å²) in [5.74, 6) is 1.83. The summed E-state index contributed by atoms with van der Waals surface area (Å²) in [6, 6.07) is 10.6. The van der Waals surface area contributed by atoms with Crippen LogP contribution in [0.1, 0.15) is 18.2 Å². The van der Waals surface area contributed by atoms with E-state index in [-0.39, 0.29) is 0 Å². The van der Waals surface area contributed by atoms with Gasteiger partial charge in [-0.25, -0.2) is 4.98 Å². The number of likely N-dealkylation sites (N-methyl/N-ethyl adjacent to an activating group) is 1. The Hall–Kier alpha value is -2.14. The third-order valence-electron chi connectivity index (χ3n) is 4.52. The van der Waals surface area contributed by atoms with Crippen LogP contribution in [0.15, 0.2) is 30.3 Å². The zero-order valence-corrected chi connectivity index (χ0v) is 15.2. The minimum Gasteiger partial charge on any atom is -0.338 e. The van der Waals surface area contributed by atoms with Gasteiger partial charge in [-0.1, -0.05) is 12.1 Å². The van der Waals surface area contributed by atoms with Crippen LogP contribution < -0.4 is 9.80 Å². The summed E-state index contributed by atoms with van der Waals surface area (Å²) in [4.78, 5) is 16.5. The lowest BCUT2D eigenvalue weighted by molar-refractivity contribution is 0.311. The summed E-state index contributed by atoms with van der Waals surface area (Å²) in [7, 11) is 2.16. The van der Waals surface area contributed by atoms with Crippen molar-refractivity contribution in [3.05, 3.63) is 41.6 Å². The topological polar surface area (TPSA) is 35.5 Å². The Morgan fingerprint density at radius 2 is 1.79 bits per heavy atom. The highest BCUT2D eigenvalue weighted by Gasteiger charge is 2.19. The zero-order valence-electron chi connectivity index (χ0n) is 15.2. The van der Waals surface area contributed by atoms with Crippen molar-refractivity contribution >= 4 is 17.5 Å². The van der Waals surface area contributed by atoms with Gasteiger partial charge in [0, 0.05) is 50.2 Å². The smallest absolute Gasteiger partial charge is 0.227 e. The van der Waals surface area contributed by atoms with E-state index in [1.165, 1.54) is 11.3 Å². The second-order valence-electron chi connectivity index (χ2n) is 6.54. The van der Waals surface area contributed by atoms with E-state index in [4.69, 9.17) is 4.98 Å². The van der Waals surface area contributed by atoms with Crippen molar-refractivity contribution in [1.29, 1.82) is 0 Å². The van der Waals surface area contributed by atoms with Crippen molar-refractivity contribution in [2.75, 3.05) is 49.6 Å². The van der Waals surface area contributed by atoms with Crippen LogP contribution in [0, 0.1) is 13.8 Å². The van der Waals surface area contributed by atoms with Crippen LogP contribution in [0.25, 0.3) is 0 Å². The van der Waals surface area contributed by atoms with Gasteiger partial charge in [-0.15, -0.1) is 0 Å². The Balaban J connectivity index is 1.92. The molecule has 0 spiro atoms. The number of benzene rings is 1. The molecule has 0 unspecified atom stereocenters. The Kier molecular flexibility index (Phi) is 5.00. The molecular weight excluding hydrogens is 298 g/mol. The number of piperazine rings is 1. The van der Waals surface area contributed by atoms with E-state index in [1.807, 2.05) is 0 Å². The molecule has 0 radical (unpaired) electrons. The second kappa shape index (κ2) is 7.18. The molecule has 1 fully saturated rings. The first kappa shape index (κ1) is 16.7. The van der Waals surface area contributed by atoms with Gasteiger partial charge in [0.1, 0.15) is 5.82 Å². The molecule has 24 heavy (non-hydrogen) atoms. The van der Waals surface area contributed by atoms with Gasteiger partial charge in [-0.2, -0.15) is 4.98 Å². The molecule has 0 aliphatic carbocycles. The van der Waals surface area contributed by atoms with Gasteiger partial charge in [-0.3, -0.25) is 0 Å². The third-order valence-corrected chi connectivity index (χ3v) is 4.52. The Bertz CT molecular complexity index is 692. The lowest BCUT2D eigenvalue weighted by Crippen LogP contribution is -2.45. The summed E-state index contributed by atoms with van der Waals surface area (Å²) in [6.45, 7) is 11.3. The molecule has 128 valence electrons. The van der Waals surface area contributed by atoms with Crippen molar-refractivity contribution in [1.82, 2.24) is 14.9 Å². The molecule has 1 saturated heterocycles. The van der Waals surface area contributed by atoms with E-state index in [9.17, 15) is 0 Å². The van der Waals surface area contributed by atoms with E-state index in [1.54, 1.807) is 0 Å². The molecule has 1 aromatic heterocycles. The van der Waals surface area contributed by atoms with Crippen LogP contribution in [0.2, 0.25) is 0 Å². The van der Waals surface area contributed by atoms with Gasteiger partial charge >= 0.3 is 0 Å². The number of anilines is 3. The highest BCUT2D eigenvalue weighted by molar-refractivity contribution is 5.62. The van der Waals surface area contributed by atoms with Crippen molar-refractivity contribution in [3.8, 4) is 0 Å². The van der Waals surface area contributed by atoms with Crippen LogP contribution in [0.4, 0.5) is 17.5 Å². The standard InChI is InChI=1S/C19H27N5/c1-5-24(17-8-6-7-15(2)13-17)18-14-16(3)20-19(21-18)23-11-9-22(4)10-12-23/h6-8,13-14H,5,9-12H2,1-4H3. The summed E-state index contributed by atoms with van der Waals surface area (Å²) in [6.07, 6.45) is 0. The molecule has 1 aliphatic rings. The van der Waals surface area contributed by atoms with E-state index < -0.39 is 0 Å². The lowest BCUT2D eigenvalue weighted by atomic mass is 10.2. The maximum Gasteiger partial charge on any atom is 0.227 e. The molecule has 2 aromatic rings. The van der Waals surface area contributed by atoms with Gasteiger partial charge in [0.25, 0.3) is 0 Å². The van der Waals surface area contributed by atoms with Crippen molar-refractivity contribution in [3.63, 3.8) is 0 Å². The molecule has 0 saturated carbocycles. The molecule has 5 nitrogen and oxygen atoms in total. The highest BCUT2D eigenvalue weighted by atomic mass is 15.3. The first-order valence-corrected chi connectivity index (χ1v) is 8.70. The number of hydrogen-bond acceptors (Lipinski definition) is 5. The quantitative estimate of drug-likeness (QED) is 0.863. The average Bonchev–Trinajstić information content (AvgIpc) is 2.56. The minimum atomic E-state index is 0.851. The Morgan fingerprint density at radius 1 is 1.04 bits per heavy atom. The fraction of sp³-hybridized carbons (Fsp3) is 0.474. The average molecular weight is 325 g/mol. The fourth-order valence-corrected chi connectivity index (χ4v) is 3.10. The van der Waals surface area contributed by atoms with Crippen LogP contribution in [0.5, 0.6) is 0 Å². The summed E-state index contributed by atoms with van der Waals surface area (Å²) >= 11 is 0. The zero-order chi connectivity index (χ0) is 17.1. The molecule has 3 rings (SSSR count). The molecule has 0 N–H and O–H groups in total. The first-order chi connectivity index (χ1) is 11.6. The molecule has 1 aliphatic heterocycles. The molecule has 2 heterocycles. The van der Waals surface area contributed by atoms with E-state index in [0.717, 1.165) is 50.2 Å². The van der Waals surface area contributed by atoms with Crippen LogP contribution in [-0.4, -0.2) is 54.6 Å². The second-order valence-corrected chi connectivity index (χ2v) is 6.54. The normalized spacial score (nSPS) is 15.6. The number of aryl methyl sites for hydroxylation is 2. The number of hydrogen-bond donors (Lipinski definition) is 0. The molecule has 0 amide bonds. The van der Waals surface area contributed by atoms with Crippen molar-refractivity contribution in [2.24, 2.45) is 0 Å². The predicted molar refractivity (Wildman–Crippen MR) is 100 cm³/mol. The Morgan fingerprint density at radius 3 is 2.46 bits per heavy atom.